The molecule has 0 amide bonds. The molecule has 0 radical (unpaired) electrons. The summed E-state index contributed by atoms with van der Waals surface area (Å²) in [5.41, 5.74) is -0.0298. The van der Waals surface area contributed by atoms with Crippen LogP contribution in [-0.4, -0.2) is 25.4 Å². The van der Waals surface area contributed by atoms with Gasteiger partial charge in [-0.25, -0.2) is 8.78 Å². The monoisotopic (exact) mass is 212 g/mol. The second-order valence-electron chi connectivity index (χ2n) is 3.27. The minimum absolute atomic E-state index is 0.0298. The van der Waals surface area contributed by atoms with Crippen molar-refractivity contribution in [3.05, 3.63) is 0 Å². The normalized spacial score (nSPS) is 12.5. The third-order valence-electron chi connectivity index (χ3n) is 2.49. The van der Waals surface area contributed by atoms with E-state index in [4.69, 9.17) is 4.74 Å². The molecule has 0 aliphatic carbocycles. The molecular formula is C9H18F2OS. The molecule has 0 aliphatic rings. The number of thiol groups is 1. The molecule has 0 heterocycles. The molecule has 1 nitrogen and oxygen atoms in total. The minimum Gasteiger partial charge on any atom is -0.375 e. The average molecular weight is 212 g/mol. The maximum Gasteiger partial charge on any atom is 0.261 e. The number of rotatable bonds is 7. The summed E-state index contributed by atoms with van der Waals surface area (Å²) in [7, 11) is 0. The van der Waals surface area contributed by atoms with Crippen molar-refractivity contribution in [1.29, 1.82) is 0 Å². The van der Waals surface area contributed by atoms with Crippen molar-refractivity contribution in [3.8, 4) is 0 Å². The minimum atomic E-state index is -2.37. The van der Waals surface area contributed by atoms with Gasteiger partial charge in [0.25, 0.3) is 6.43 Å². The van der Waals surface area contributed by atoms with E-state index in [2.05, 4.69) is 12.6 Å². The van der Waals surface area contributed by atoms with Crippen molar-refractivity contribution in [2.75, 3.05) is 19.0 Å². The van der Waals surface area contributed by atoms with Crippen LogP contribution in [0.4, 0.5) is 8.78 Å². The molecule has 0 fully saturated rings. The van der Waals surface area contributed by atoms with Gasteiger partial charge in [0.15, 0.2) is 0 Å². The summed E-state index contributed by atoms with van der Waals surface area (Å²) in [5.74, 6) is 0.684. The first kappa shape index (κ1) is 13.2. The molecule has 13 heavy (non-hydrogen) atoms. The topological polar surface area (TPSA) is 9.23 Å². The van der Waals surface area contributed by atoms with Crippen molar-refractivity contribution in [2.45, 2.75) is 33.1 Å². The van der Waals surface area contributed by atoms with E-state index in [1.165, 1.54) is 0 Å². The lowest BCUT2D eigenvalue weighted by Gasteiger charge is -2.29. The van der Waals surface area contributed by atoms with Crippen LogP contribution < -0.4 is 0 Å². The fourth-order valence-corrected chi connectivity index (χ4v) is 1.63. The lowest BCUT2D eigenvalue weighted by molar-refractivity contribution is -0.0173. The van der Waals surface area contributed by atoms with E-state index in [1.54, 1.807) is 0 Å². The molecule has 0 aromatic rings. The van der Waals surface area contributed by atoms with Gasteiger partial charge in [-0.05, 0) is 18.6 Å². The van der Waals surface area contributed by atoms with Crippen LogP contribution in [0.3, 0.4) is 0 Å². The van der Waals surface area contributed by atoms with E-state index >= 15 is 0 Å². The molecule has 0 rings (SSSR count). The molecule has 80 valence electrons. The first-order valence-electron chi connectivity index (χ1n) is 4.57. The van der Waals surface area contributed by atoms with Gasteiger partial charge in [0.2, 0.25) is 0 Å². The highest BCUT2D eigenvalue weighted by atomic mass is 32.1. The Balaban J connectivity index is 3.81. The summed E-state index contributed by atoms with van der Waals surface area (Å²) in [6.07, 6.45) is -0.543. The van der Waals surface area contributed by atoms with Gasteiger partial charge >= 0.3 is 0 Å². The fourth-order valence-electron chi connectivity index (χ4n) is 1.09. The number of alkyl halides is 2. The second kappa shape index (κ2) is 6.60. The Morgan fingerprint density at radius 2 is 1.85 bits per heavy atom. The highest BCUT2D eigenvalue weighted by Gasteiger charge is 2.25. The standard InChI is InChI=1S/C9H18F2OS/c1-3-9(4-2,7-13)6-12-5-8(10)11/h8,13H,3-7H2,1-2H3. The predicted molar refractivity (Wildman–Crippen MR) is 53.7 cm³/mol. The summed E-state index contributed by atoms with van der Waals surface area (Å²) in [5, 5.41) is 0. The quantitative estimate of drug-likeness (QED) is 0.638. The zero-order chi connectivity index (χ0) is 10.3. The Bertz CT molecular complexity index is 119. The van der Waals surface area contributed by atoms with E-state index in [-0.39, 0.29) is 5.41 Å². The molecule has 0 bridgehead atoms. The van der Waals surface area contributed by atoms with Crippen LogP contribution in [0.1, 0.15) is 26.7 Å². The average Bonchev–Trinajstić information content (AvgIpc) is 2.13. The first-order chi connectivity index (χ1) is 6.10. The number of ether oxygens (including phenoxy) is 1. The Morgan fingerprint density at radius 1 is 1.31 bits per heavy atom. The van der Waals surface area contributed by atoms with Crippen LogP contribution in [0.15, 0.2) is 0 Å². The van der Waals surface area contributed by atoms with Crippen LogP contribution in [0.5, 0.6) is 0 Å². The van der Waals surface area contributed by atoms with E-state index in [0.717, 1.165) is 12.8 Å². The van der Waals surface area contributed by atoms with Crippen LogP contribution in [0.25, 0.3) is 0 Å². The van der Waals surface area contributed by atoms with Crippen molar-refractivity contribution in [3.63, 3.8) is 0 Å². The Hall–Kier alpha value is 0.170. The van der Waals surface area contributed by atoms with Crippen LogP contribution >= 0.6 is 12.6 Å². The molecule has 4 heteroatoms. The molecule has 0 unspecified atom stereocenters. The summed E-state index contributed by atoms with van der Waals surface area (Å²) in [6, 6.07) is 0. The highest BCUT2D eigenvalue weighted by molar-refractivity contribution is 7.80. The summed E-state index contributed by atoms with van der Waals surface area (Å²) in [4.78, 5) is 0. The third-order valence-corrected chi connectivity index (χ3v) is 3.16. The molecule has 0 saturated heterocycles. The Kier molecular flexibility index (Phi) is 6.68. The highest BCUT2D eigenvalue weighted by Crippen LogP contribution is 2.28. The first-order valence-corrected chi connectivity index (χ1v) is 5.20. The van der Waals surface area contributed by atoms with E-state index < -0.39 is 13.0 Å². The molecule has 0 aliphatic heterocycles. The molecular weight excluding hydrogens is 194 g/mol. The maximum absolute atomic E-state index is 11.8. The number of hydrogen-bond donors (Lipinski definition) is 1. The number of halogens is 2. The van der Waals surface area contributed by atoms with Gasteiger partial charge in [0.1, 0.15) is 6.61 Å². The van der Waals surface area contributed by atoms with Gasteiger partial charge in [-0.3, -0.25) is 0 Å². The van der Waals surface area contributed by atoms with Gasteiger partial charge in [-0.15, -0.1) is 0 Å². The molecule has 0 spiro atoms. The van der Waals surface area contributed by atoms with E-state index in [1.807, 2.05) is 13.8 Å². The van der Waals surface area contributed by atoms with E-state index in [0.29, 0.717) is 12.4 Å². The summed E-state index contributed by atoms with van der Waals surface area (Å²) < 4.78 is 28.5. The molecule has 0 aromatic carbocycles. The van der Waals surface area contributed by atoms with Gasteiger partial charge < -0.3 is 4.74 Å². The molecule has 0 saturated carbocycles. The smallest absolute Gasteiger partial charge is 0.261 e. The molecule has 0 aromatic heterocycles. The number of hydrogen-bond acceptors (Lipinski definition) is 2. The fraction of sp³-hybridized carbons (Fsp3) is 1.00. The van der Waals surface area contributed by atoms with Crippen molar-refractivity contribution in [2.24, 2.45) is 5.41 Å². The zero-order valence-electron chi connectivity index (χ0n) is 8.22. The SMILES string of the molecule is CCC(CC)(CS)COCC(F)F. The largest absolute Gasteiger partial charge is 0.375 e. The van der Waals surface area contributed by atoms with Gasteiger partial charge in [-0.2, -0.15) is 12.6 Å². The molecule has 0 N–H and O–H groups in total. The van der Waals surface area contributed by atoms with Gasteiger partial charge in [-0.1, -0.05) is 13.8 Å². The third kappa shape index (κ3) is 4.81. The van der Waals surface area contributed by atoms with Crippen LogP contribution in [0.2, 0.25) is 0 Å². The Morgan fingerprint density at radius 3 is 2.15 bits per heavy atom. The Labute approximate surface area is 84.3 Å². The van der Waals surface area contributed by atoms with Crippen LogP contribution in [0, 0.1) is 5.41 Å². The van der Waals surface area contributed by atoms with Crippen LogP contribution in [-0.2, 0) is 4.74 Å². The van der Waals surface area contributed by atoms with Crippen molar-refractivity contribution in [1.82, 2.24) is 0 Å². The second-order valence-corrected chi connectivity index (χ2v) is 3.59. The summed E-state index contributed by atoms with van der Waals surface area (Å²) in [6.45, 7) is 3.99. The lowest BCUT2D eigenvalue weighted by Crippen LogP contribution is -2.28. The van der Waals surface area contributed by atoms with E-state index in [9.17, 15) is 8.78 Å². The summed E-state index contributed by atoms with van der Waals surface area (Å²) >= 11 is 4.22. The lowest BCUT2D eigenvalue weighted by atomic mass is 9.85. The van der Waals surface area contributed by atoms with Crippen molar-refractivity contribution >= 4 is 12.6 Å². The molecule has 0 atom stereocenters. The maximum atomic E-state index is 11.8. The van der Waals surface area contributed by atoms with Gasteiger partial charge in [0.05, 0.1) is 6.61 Å². The van der Waals surface area contributed by atoms with Crippen molar-refractivity contribution < 1.29 is 13.5 Å². The predicted octanol–water partition coefficient (Wildman–Crippen LogP) is 3.00. The van der Waals surface area contributed by atoms with Gasteiger partial charge in [0, 0.05) is 5.41 Å². The zero-order valence-corrected chi connectivity index (χ0v) is 9.12.